The standard InChI is InChI=1S/C13H18BrNO2/c1-9(2)12(16)7-13(17)15-8-10-5-3-4-6-11(10)14/h3-6,9,12,16H,7-8H2,1-2H3,(H,15,17). The molecule has 0 fully saturated rings. The maximum absolute atomic E-state index is 11.6. The van der Waals surface area contributed by atoms with E-state index in [0.29, 0.717) is 6.54 Å². The van der Waals surface area contributed by atoms with Crippen LogP contribution in [0.15, 0.2) is 28.7 Å². The quantitative estimate of drug-likeness (QED) is 0.877. The number of aliphatic hydroxyl groups excluding tert-OH is 1. The highest BCUT2D eigenvalue weighted by molar-refractivity contribution is 9.10. The van der Waals surface area contributed by atoms with Crippen molar-refractivity contribution in [2.45, 2.75) is 32.9 Å². The predicted molar refractivity (Wildman–Crippen MR) is 71.5 cm³/mol. The van der Waals surface area contributed by atoms with Crippen molar-refractivity contribution >= 4 is 21.8 Å². The third-order valence-corrected chi connectivity index (χ3v) is 3.37. The molecule has 0 saturated carbocycles. The smallest absolute Gasteiger partial charge is 0.222 e. The number of aliphatic hydroxyl groups is 1. The first-order chi connectivity index (χ1) is 8.00. The minimum Gasteiger partial charge on any atom is -0.392 e. The molecule has 1 atom stereocenters. The number of halogens is 1. The molecule has 1 amide bonds. The van der Waals surface area contributed by atoms with E-state index in [-0.39, 0.29) is 18.2 Å². The van der Waals surface area contributed by atoms with Crippen molar-refractivity contribution < 1.29 is 9.90 Å². The van der Waals surface area contributed by atoms with Crippen LogP contribution >= 0.6 is 15.9 Å². The second-order valence-electron chi connectivity index (χ2n) is 4.38. The average Bonchev–Trinajstić information content (AvgIpc) is 2.27. The van der Waals surface area contributed by atoms with E-state index in [1.807, 2.05) is 38.1 Å². The summed E-state index contributed by atoms with van der Waals surface area (Å²) in [6.45, 7) is 4.27. The van der Waals surface area contributed by atoms with E-state index in [2.05, 4.69) is 21.2 Å². The topological polar surface area (TPSA) is 49.3 Å². The maximum atomic E-state index is 11.6. The molecule has 3 nitrogen and oxygen atoms in total. The van der Waals surface area contributed by atoms with E-state index in [0.717, 1.165) is 10.0 Å². The highest BCUT2D eigenvalue weighted by Crippen LogP contribution is 2.15. The summed E-state index contributed by atoms with van der Waals surface area (Å²) in [5.74, 6) is -0.0221. The summed E-state index contributed by atoms with van der Waals surface area (Å²) < 4.78 is 0.977. The van der Waals surface area contributed by atoms with Crippen LogP contribution in [-0.2, 0) is 11.3 Å². The van der Waals surface area contributed by atoms with Gasteiger partial charge in [0.15, 0.2) is 0 Å². The number of amides is 1. The van der Waals surface area contributed by atoms with Crippen molar-refractivity contribution in [2.24, 2.45) is 5.92 Å². The second-order valence-corrected chi connectivity index (χ2v) is 5.24. The lowest BCUT2D eigenvalue weighted by Crippen LogP contribution is -2.29. The van der Waals surface area contributed by atoms with Gasteiger partial charge in [0, 0.05) is 11.0 Å². The first-order valence-corrected chi connectivity index (χ1v) is 6.48. The van der Waals surface area contributed by atoms with Gasteiger partial charge in [0.1, 0.15) is 0 Å². The normalized spacial score (nSPS) is 12.5. The fourth-order valence-corrected chi connectivity index (χ4v) is 1.76. The molecular weight excluding hydrogens is 282 g/mol. The average molecular weight is 300 g/mol. The monoisotopic (exact) mass is 299 g/mol. The van der Waals surface area contributed by atoms with Gasteiger partial charge in [0.2, 0.25) is 5.91 Å². The minimum absolute atomic E-state index is 0.101. The van der Waals surface area contributed by atoms with Gasteiger partial charge in [-0.05, 0) is 17.5 Å². The summed E-state index contributed by atoms with van der Waals surface area (Å²) in [7, 11) is 0. The van der Waals surface area contributed by atoms with Crippen molar-refractivity contribution in [3.05, 3.63) is 34.3 Å². The molecule has 0 heterocycles. The Balaban J connectivity index is 2.41. The van der Waals surface area contributed by atoms with Crippen LogP contribution in [0.5, 0.6) is 0 Å². The predicted octanol–water partition coefficient (Wildman–Crippen LogP) is 2.47. The number of hydrogen-bond donors (Lipinski definition) is 2. The molecule has 0 aliphatic carbocycles. The molecule has 0 radical (unpaired) electrons. The summed E-state index contributed by atoms with van der Waals surface area (Å²) in [6.07, 6.45) is -0.420. The molecule has 0 spiro atoms. The van der Waals surface area contributed by atoms with Gasteiger partial charge in [-0.1, -0.05) is 48.0 Å². The van der Waals surface area contributed by atoms with Crippen molar-refractivity contribution in [1.29, 1.82) is 0 Å². The van der Waals surface area contributed by atoms with E-state index in [9.17, 15) is 9.90 Å². The van der Waals surface area contributed by atoms with Crippen LogP contribution in [0.3, 0.4) is 0 Å². The van der Waals surface area contributed by atoms with Crippen molar-refractivity contribution in [2.75, 3.05) is 0 Å². The Kier molecular flexibility index (Phi) is 5.65. The van der Waals surface area contributed by atoms with Crippen LogP contribution in [-0.4, -0.2) is 17.1 Å². The van der Waals surface area contributed by atoms with Crippen molar-refractivity contribution in [3.8, 4) is 0 Å². The summed E-state index contributed by atoms with van der Waals surface area (Å²) >= 11 is 3.42. The van der Waals surface area contributed by atoms with Crippen LogP contribution < -0.4 is 5.32 Å². The van der Waals surface area contributed by atoms with Gasteiger partial charge >= 0.3 is 0 Å². The Bertz CT molecular complexity index is 379. The van der Waals surface area contributed by atoms with Crippen molar-refractivity contribution in [1.82, 2.24) is 5.32 Å². The van der Waals surface area contributed by atoms with Gasteiger partial charge in [-0.15, -0.1) is 0 Å². The molecule has 1 rings (SSSR count). The van der Waals surface area contributed by atoms with Gasteiger partial charge in [-0.25, -0.2) is 0 Å². The minimum atomic E-state index is -0.575. The molecular formula is C13H18BrNO2. The van der Waals surface area contributed by atoms with Crippen LogP contribution in [0, 0.1) is 5.92 Å². The van der Waals surface area contributed by atoms with E-state index in [1.54, 1.807) is 0 Å². The molecule has 94 valence electrons. The zero-order valence-corrected chi connectivity index (χ0v) is 11.7. The molecule has 0 aliphatic heterocycles. The fraction of sp³-hybridized carbons (Fsp3) is 0.462. The van der Waals surface area contributed by atoms with Gasteiger partial charge in [-0.3, -0.25) is 4.79 Å². The molecule has 0 bridgehead atoms. The highest BCUT2D eigenvalue weighted by atomic mass is 79.9. The Morgan fingerprint density at radius 2 is 2.06 bits per heavy atom. The Morgan fingerprint density at radius 3 is 2.65 bits per heavy atom. The number of carbonyl (C=O) groups is 1. The molecule has 1 aromatic rings. The summed E-state index contributed by atoms with van der Waals surface area (Å²) in [6, 6.07) is 7.74. The number of carbonyl (C=O) groups excluding carboxylic acids is 1. The number of benzene rings is 1. The molecule has 0 aromatic heterocycles. The van der Waals surface area contributed by atoms with Gasteiger partial charge < -0.3 is 10.4 Å². The van der Waals surface area contributed by atoms with E-state index in [4.69, 9.17) is 0 Å². The summed E-state index contributed by atoms with van der Waals surface area (Å²) in [4.78, 5) is 11.6. The van der Waals surface area contributed by atoms with E-state index >= 15 is 0 Å². The van der Waals surface area contributed by atoms with Gasteiger partial charge in [-0.2, -0.15) is 0 Å². The second kappa shape index (κ2) is 6.77. The van der Waals surface area contributed by atoms with Gasteiger partial charge in [0.05, 0.1) is 12.5 Å². The molecule has 0 aliphatic rings. The fourth-order valence-electron chi connectivity index (χ4n) is 1.33. The number of hydrogen-bond acceptors (Lipinski definition) is 2. The lowest BCUT2D eigenvalue weighted by atomic mass is 10.0. The highest BCUT2D eigenvalue weighted by Gasteiger charge is 2.14. The zero-order valence-electron chi connectivity index (χ0n) is 10.1. The molecule has 4 heteroatoms. The third-order valence-electron chi connectivity index (χ3n) is 2.60. The SMILES string of the molecule is CC(C)C(O)CC(=O)NCc1ccccc1Br. The lowest BCUT2D eigenvalue weighted by Gasteiger charge is -2.14. The Labute approximate surface area is 110 Å². The molecule has 17 heavy (non-hydrogen) atoms. The Morgan fingerprint density at radius 1 is 1.41 bits per heavy atom. The van der Waals surface area contributed by atoms with Crippen LogP contribution in [0.1, 0.15) is 25.8 Å². The molecule has 2 N–H and O–H groups in total. The lowest BCUT2D eigenvalue weighted by molar-refractivity contribution is -0.123. The van der Waals surface area contributed by atoms with E-state index in [1.165, 1.54) is 0 Å². The first-order valence-electron chi connectivity index (χ1n) is 5.69. The van der Waals surface area contributed by atoms with E-state index < -0.39 is 6.10 Å². The zero-order chi connectivity index (χ0) is 12.8. The van der Waals surface area contributed by atoms with Gasteiger partial charge in [0.25, 0.3) is 0 Å². The number of nitrogens with one attached hydrogen (secondary N) is 1. The number of rotatable bonds is 5. The molecule has 1 unspecified atom stereocenters. The van der Waals surface area contributed by atoms with Crippen molar-refractivity contribution in [3.63, 3.8) is 0 Å². The summed E-state index contributed by atoms with van der Waals surface area (Å²) in [5.41, 5.74) is 1.03. The Hall–Kier alpha value is -0.870. The van der Waals surface area contributed by atoms with Crippen LogP contribution in [0.2, 0.25) is 0 Å². The van der Waals surface area contributed by atoms with Crippen LogP contribution in [0.25, 0.3) is 0 Å². The molecule has 0 saturated heterocycles. The van der Waals surface area contributed by atoms with Crippen LogP contribution in [0.4, 0.5) is 0 Å². The largest absolute Gasteiger partial charge is 0.392 e. The molecule has 1 aromatic carbocycles. The third kappa shape index (κ3) is 4.88. The first kappa shape index (κ1) is 14.2. The summed E-state index contributed by atoms with van der Waals surface area (Å²) in [5, 5.41) is 12.4. The maximum Gasteiger partial charge on any atom is 0.222 e.